The summed E-state index contributed by atoms with van der Waals surface area (Å²) in [5.41, 5.74) is 1.64. The van der Waals surface area contributed by atoms with Crippen molar-refractivity contribution in [2.45, 2.75) is 0 Å². The van der Waals surface area contributed by atoms with Crippen molar-refractivity contribution in [2.75, 3.05) is 27.7 Å². The standard InChI is InChI=1S/C12H17N2O2S/c1-14(2,3)11-9-13-17(15,16)12(11)10-7-5-4-6-8-10/h4-8,13H,9H2,1-3H3/q+1. The van der Waals surface area contributed by atoms with Gasteiger partial charge in [-0.1, -0.05) is 30.3 Å². The first-order chi connectivity index (χ1) is 7.82. The zero-order chi connectivity index (χ0) is 12.7. The van der Waals surface area contributed by atoms with Gasteiger partial charge in [-0.05, 0) is 0 Å². The first kappa shape index (κ1) is 12.3. The molecule has 2 rings (SSSR count). The third-order valence-corrected chi connectivity index (χ3v) is 4.34. The summed E-state index contributed by atoms with van der Waals surface area (Å²) < 4.78 is 27.2. The van der Waals surface area contributed by atoms with E-state index in [0.29, 0.717) is 15.9 Å². The van der Waals surface area contributed by atoms with Crippen molar-refractivity contribution in [3.05, 3.63) is 41.6 Å². The highest BCUT2D eigenvalue weighted by Gasteiger charge is 2.37. The lowest BCUT2D eigenvalue weighted by Crippen LogP contribution is -2.35. The predicted octanol–water partition coefficient (Wildman–Crippen LogP) is 0.994. The van der Waals surface area contributed by atoms with Crippen LogP contribution in [-0.4, -0.2) is 40.6 Å². The molecule has 0 bridgehead atoms. The van der Waals surface area contributed by atoms with Gasteiger partial charge in [0.25, 0.3) is 0 Å². The number of nitrogens with one attached hydrogen (secondary N) is 1. The molecule has 1 aliphatic heterocycles. The Morgan fingerprint density at radius 2 is 1.71 bits per heavy atom. The van der Waals surface area contributed by atoms with Crippen molar-refractivity contribution in [3.63, 3.8) is 0 Å². The third kappa shape index (κ3) is 2.26. The molecule has 0 aliphatic carbocycles. The second-order valence-electron chi connectivity index (χ2n) is 4.98. The highest BCUT2D eigenvalue weighted by atomic mass is 32.2. The van der Waals surface area contributed by atoms with Crippen LogP contribution in [0.3, 0.4) is 0 Å². The normalized spacial score (nSPS) is 19.7. The van der Waals surface area contributed by atoms with Gasteiger partial charge in [0.05, 0.1) is 27.7 Å². The van der Waals surface area contributed by atoms with E-state index >= 15 is 0 Å². The van der Waals surface area contributed by atoms with Gasteiger partial charge in [-0.2, -0.15) is 0 Å². The lowest BCUT2D eigenvalue weighted by atomic mass is 10.1. The smallest absolute Gasteiger partial charge is 0.247 e. The molecule has 0 spiro atoms. The molecule has 92 valence electrons. The lowest BCUT2D eigenvalue weighted by molar-refractivity contribution is -0.830. The fourth-order valence-electron chi connectivity index (χ4n) is 1.92. The number of rotatable bonds is 2. The molecule has 0 fully saturated rings. The topological polar surface area (TPSA) is 46.2 Å². The fourth-order valence-corrected chi connectivity index (χ4v) is 3.50. The molecular weight excluding hydrogens is 236 g/mol. The Bertz CT molecular complexity index is 554. The largest absolute Gasteiger partial charge is 0.300 e. The van der Waals surface area contributed by atoms with E-state index in [4.69, 9.17) is 0 Å². The second-order valence-corrected chi connectivity index (χ2v) is 6.68. The van der Waals surface area contributed by atoms with Gasteiger partial charge in [-0.3, -0.25) is 4.48 Å². The molecule has 1 aliphatic rings. The van der Waals surface area contributed by atoms with Gasteiger partial charge < -0.3 is 0 Å². The monoisotopic (exact) mass is 253 g/mol. The Kier molecular flexibility index (Phi) is 2.85. The molecule has 17 heavy (non-hydrogen) atoms. The number of nitrogens with zero attached hydrogens (tertiary/aromatic N) is 1. The molecular formula is C12H17N2O2S+. The molecule has 0 atom stereocenters. The highest BCUT2D eigenvalue weighted by Crippen LogP contribution is 2.31. The first-order valence-corrected chi connectivity index (χ1v) is 6.91. The van der Waals surface area contributed by atoms with Gasteiger partial charge in [0.15, 0.2) is 0 Å². The van der Waals surface area contributed by atoms with Gasteiger partial charge in [0.2, 0.25) is 10.0 Å². The van der Waals surface area contributed by atoms with Crippen molar-refractivity contribution in [3.8, 4) is 0 Å². The number of hydrogen-bond acceptors (Lipinski definition) is 2. The Labute approximate surface area is 102 Å². The summed E-state index contributed by atoms with van der Waals surface area (Å²) in [7, 11) is 2.56. The summed E-state index contributed by atoms with van der Waals surface area (Å²) in [6.07, 6.45) is 0. The minimum atomic E-state index is -3.36. The quantitative estimate of drug-likeness (QED) is 0.799. The maximum atomic E-state index is 12.0. The van der Waals surface area contributed by atoms with Crippen LogP contribution in [-0.2, 0) is 10.0 Å². The molecule has 1 heterocycles. The molecule has 1 aromatic carbocycles. The van der Waals surface area contributed by atoms with Crippen LogP contribution < -0.4 is 4.72 Å². The average Bonchev–Trinajstić information content (AvgIpc) is 2.55. The van der Waals surface area contributed by atoms with E-state index in [1.807, 2.05) is 51.5 Å². The van der Waals surface area contributed by atoms with Crippen molar-refractivity contribution in [2.24, 2.45) is 0 Å². The average molecular weight is 253 g/mol. The number of likely N-dealkylation sites (N-methyl/N-ethyl adjacent to an activating group) is 1. The minimum absolute atomic E-state index is 0.385. The van der Waals surface area contributed by atoms with Crippen LogP contribution >= 0.6 is 0 Å². The Morgan fingerprint density at radius 3 is 2.24 bits per heavy atom. The van der Waals surface area contributed by atoms with Crippen molar-refractivity contribution >= 4 is 14.9 Å². The molecule has 1 aromatic rings. The zero-order valence-electron chi connectivity index (χ0n) is 10.3. The molecule has 5 heteroatoms. The van der Waals surface area contributed by atoms with Gasteiger partial charge >= 0.3 is 0 Å². The molecule has 0 radical (unpaired) electrons. The van der Waals surface area contributed by atoms with Gasteiger partial charge in [-0.15, -0.1) is 0 Å². The van der Waals surface area contributed by atoms with Crippen LogP contribution in [0, 0.1) is 0 Å². The molecule has 0 saturated heterocycles. The van der Waals surface area contributed by atoms with E-state index in [9.17, 15) is 8.42 Å². The summed E-state index contributed by atoms with van der Waals surface area (Å²) in [4.78, 5) is 0.422. The highest BCUT2D eigenvalue weighted by molar-refractivity contribution is 7.99. The molecule has 4 nitrogen and oxygen atoms in total. The number of sulfonamides is 1. The van der Waals surface area contributed by atoms with Crippen LogP contribution in [0.4, 0.5) is 0 Å². The van der Waals surface area contributed by atoms with Crippen molar-refractivity contribution in [1.82, 2.24) is 4.72 Å². The maximum absolute atomic E-state index is 12.0. The summed E-state index contributed by atoms with van der Waals surface area (Å²) in [6.45, 7) is 0.385. The molecule has 0 unspecified atom stereocenters. The Morgan fingerprint density at radius 1 is 1.12 bits per heavy atom. The lowest BCUT2D eigenvalue weighted by Gasteiger charge is -2.25. The van der Waals surface area contributed by atoms with E-state index in [0.717, 1.165) is 11.3 Å². The maximum Gasteiger partial charge on any atom is 0.247 e. The number of hydrogen-bond donors (Lipinski definition) is 1. The molecule has 1 N–H and O–H groups in total. The molecule has 0 aromatic heterocycles. The second kappa shape index (κ2) is 3.94. The van der Waals surface area contributed by atoms with Gasteiger partial charge in [-0.25, -0.2) is 13.1 Å². The van der Waals surface area contributed by atoms with Crippen LogP contribution in [0.5, 0.6) is 0 Å². The zero-order valence-corrected chi connectivity index (χ0v) is 11.1. The predicted molar refractivity (Wildman–Crippen MR) is 68.3 cm³/mol. The molecule has 0 saturated carbocycles. The number of quaternary nitrogens is 1. The summed E-state index contributed by atoms with van der Waals surface area (Å²) in [5, 5.41) is 0. The van der Waals surface area contributed by atoms with E-state index in [-0.39, 0.29) is 0 Å². The fraction of sp³-hybridized carbons (Fsp3) is 0.333. The summed E-state index contributed by atoms with van der Waals surface area (Å²) in [5.74, 6) is 0. The SMILES string of the molecule is C[N+](C)(C)C1=C(c2ccccc2)S(=O)(=O)NC1. The first-order valence-electron chi connectivity index (χ1n) is 5.42. The Balaban J connectivity index is 2.68. The van der Waals surface area contributed by atoms with E-state index in [1.54, 1.807) is 0 Å². The molecule has 0 amide bonds. The van der Waals surface area contributed by atoms with Crippen LogP contribution in [0.15, 0.2) is 36.0 Å². The Hall–Kier alpha value is -1.17. The minimum Gasteiger partial charge on any atom is -0.300 e. The van der Waals surface area contributed by atoms with Gasteiger partial charge in [0.1, 0.15) is 10.6 Å². The van der Waals surface area contributed by atoms with E-state index < -0.39 is 10.0 Å². The van der Waals surface area contributed by atoms with Crippen molar-refractivity contribution < 1.29 is 12.9 Å². The summed E-state index contributed by atoms with van der Waals surface area (Å²) >= 11 is 0. The van der Waals surface area contributed by atoms with Crippen LogP contribution in [0.25, 0.3) is 4.91 Å². The van der Waals surface area contributed by atoms with Gasteiger partial charge in [0, 0.05) is 5.56 Å². The van der Waals surface area contributed by atoms with Crippen molar-refractivity contribution in [1.29, 1.82) is 0 Å². The van der Waals surface area contributed by atoms with Crippen LogP contribution in [0.1, 0.15) is 5.56 Å². The van der Waals surface area contributed by atoms with Crippen LogP contribution in [0.2, 0.25) is 0 Å². The third-order valence-electron chi connectivity index (χ3n) is 2.81. The van der Waals surface area contributed by atoms with E-state index in [2.05, 4.69) is 4.72 Å². The van der Waals surface area contributed by atoms with E-state index in [1.165, 1.54) is 0 Å². The summed E-state index contributed by atoms with van der Waals surface area (Å²) in [6, 6.07) is 9.24. The number of benzene rings is 1.